The minimum Gasteiger partial charge on any atom is -0.353 e. The van der Waals surface area contributed by atoms with Crippen LogP contribution in [-0.2, 0) is 16.0 Å². The molecule has 4 nitrogen and oxygen atoms in total. The second kappa shape index (κ2) is 7.37. The Hall–Kier alpha value is -1.84. The molecule has 1 aliphatic heterocycles. The van der Waals surface area contributed by atoms with E-state index in [1.807, 2.05) is 25.1 Å². The number of rotatable bonds is 4. The topological polar surface area (TPSA) is 58.2 Å². The fourth-order valence-corrected chi connectivity index (χ4v) is 4.25. The Balaban J connectivity index is 1.49. The first-order valence-corrected chi connectivity index (χ1v) is 9.18. The molecule has 5 unspecified atom stereocenters. The second-order valence-electron chi connectivity index (χ2n) is 7.49. The van der Waals surface area contributed by atoms with Crippen LogP contribution < -0.4 is 10.6 Å². The molecule has 4 heteroatoms. The Morgan fingerprint density at radius 3 is 2.71 bits per heavy atom. The van der Waals surface area contributed by atoms with E-state index in [2.05, 4.69) is 29.7 Å². The number of carbonyl (C=O) groups excluding carboxylic acids is 2. The van der Waals surface area contributed by atoms with Crippen molar-refractivity contribution < 1.29 is 9.59 Å². The van der Waals surface area contributed by atoms with E-state index in [-0.39, 0.29) is 29.8 Å². The van der Waals surface area contributed by atoms with Gasteiger partial charge in [-0.3, -0.25) is 9.59 Å². The van der Waals surface area contributed by atoms with Gasteiger partial charge in [0.15, 0.2) is 0 Å². The van der Waals surface area contributed by atoms with E-state index < -0.39 is 0 Å². The third-order valence-corrected chi connectivity index (χ3v) is 5.96. The van der Waals surface area contributed by atoms with Crippen LogP contribution in [0.15, 0.2) is 30.3 Å². The summed E-state index contributed by atoms with van der Waals surface area (Å²) in [5.41, 5.74) is 1.19. The summed E-state index contributed by atoms with van der Waals surface area (Å²) in [6.45, 7) is 4.22. The maximum Gasteiger partial charge on any atom is 0.223 e. The Morgan fingerprint density at radius 2 is 1.96 bits per heavy atom. The maximum absolute atomic E-state index is 12.2. The summed E-state index contributed by atoms with van der Waals surface area (Å²) < 4.78 is 0. The summed E-state index contributed by atoms with van der Waals surface area (Å²) in [5.74, 6) is 1.36. The number of piperidine rings is 1. The Bertz CT molecular complexity index is 587. The fourth-order valence-electron chi connectivity index (χ4n) is 4.25. The van der Waals surface area contributed by atoms with E-state index in [4.69, 9.17) is 0 Å². The van der Waals surface area contributed by atoms with Crippen molar-refractivity contribution in [3.8, 4) is 0 Å². The average molecular weight is 328 g/mol. The molecule has 2 fully saturated rings. The van der Waals surface area contributed by atoms with Gasteiger partial charge in [-0.25, -0.2) is 0 Å². The third kappa shape index (κ3) is 3.80. The molecule has 2 amide bonds. The van der Waals surface area contributed by atoms with Crippen molar-refractivity contribution in [1.82, 2.24) is 10.6 Å². The minimum atomic E-state index is 0.100. The molecule has 2 N–H and O–H groups in total. The number of benzene rings is 1. The van der Waals surface area contributed by atoms with Crippen LogP contribution in [0.2, 0.25) is 0 Å². The van der Waals surface area contributed by atoms with Gasteiger partial charge in [-0.1, -0.05) is 44.2 Å². The van der Waals surface area contributed by atoms with Crippen molar-refractivity contribution >= 4 is 11.8 Å². The first-order valence-electron chi connectivity index (χ1n) is 9.18. The van der Waals surface area contributed by atoms with Crippen LogP contribution in [0.25, 0.3) is 0 Å². The molecule has 1 aromatic carbocycles. The van der Waals surface area contributed by atoms with Gasteiger partial charge in [-0.15, -0.1) is 0 Å². The predicted octanol–water partition coefficient (Wildman–Crippen LogP) is 2.67. The molecule has 0 radical (unpaired) electrons. The van der Waals surface area contributed by atoms with Crippen LogP contribution in [0.3, 0.4) is 0 Å². The zero-order chi connectivity index (χ0) is 17.1. The Kier molecular flexibility index (Phi) is 5.22. The van der Waals surface area contributed by atoms with E-state index in [1.54, 1.807) is 0 Å². The zero-order valence-electron chi connectivity index (χ0n) is 14.6. The smallest absolute Gasteiger partial charge is 0.223 e. The molecule has 1 aliphatic carbocycles. The predicted molar refractivity (Wildman–Crippen MR) is 94.3 cm³/mol. The first-order chi connectivity index (χ1) is 11.5. The molecule has 1 heterocycles. The van der Waals surface area contributed by atoms with Gasteiger partial charge in [0.25, 0.3) is 0 Å². The molecule has 0 aromatic heterocycles. The first kappa shape index (κ1) is 17.0. The van der Waals surface area contributed by atoms with E-state index in [0.29, 0.717) is 18.3 Å². The highest BCUT2D eigenvalue weighted by Crippen LogP contribution is 2.37. The van der Waals surface area contributed by atoms with Crippen LogP contribution in [-0.4, -0.2) is 23.9 Å². The quantitative estimate of drug-likeness (QED) is 0.893. The molecule has 5 atom stereocenters. The standard InChI is InChI=1S/C20H28N2O2/c1-13-14(2)20(24)22-18-12-16(9-10-17(13)18)21-19(23)11-8-15-6-4-3-5-7-15/h3-7,13-14,16-18H,8-12H2,1-2H3,(H,21,23)(H,22,24). The van der Waals surface area contributed by atoms with Gasteiger partial charge in [0.05, 0.1) is 0 Å². The highest BCUT2D eigenvalue weighted by Gasteiger charge is 2.42. The summed E-state index contributed by atoms with van der Waals surface area (Å²) >= 11 is 0. The molecule has 2 aliphatic rings. The van der Waals surface area contributed by atoms with Gasteiger partial charge in [0.2, 0.25) is 11.8 Å². The van der Waals surface area contributed by atoms with Crippen LogP contribution in [0.5, 0.6) is 0 Å². The summed E-state index contributed by atoms with van der Waals surface area (Å²) in [6, 6.07) is 10.5. The van der Waals surface area contributed by atoms with Crippen molar-refractivity contribution in [1.29, 1.82) is 0 Å². The van der Waals surface area contributed by atoms with Crippen LogP contribution in [0.1, 0.15) is 45.1 Å². The van der Waals surface area contributed by atoms with Gasteiger partial charge < -0.3 is 10.6 Å². The lowest BCUT2D eigenvalue weighted by atomic mass is 9.68. The van der Waals surface area contributed by atoms with Gasteiger partial charge in [-0.2, -0.15) is 0 Å². The summed E-state index contributed by atoms with van der Waals surface area (Å²) in [6.07, 6.45) is 4.26. The van der Waals surface area contributed by atoms with Crippen molar-refractivity contribution in [2.75, 3.05) is 0 Å². The lowest BCUT2D eigenvalue weighted by Crippen LogP contribution is -2.57. The van der Waals surface area contributed by atoms with E-state index in [0.717, 1.165) is 25.7 Å². The summed E-state index contributed by atoms with van der Waals surface area (Å²) in [5, 5.41) is 6.34. The average Bonchev–Trinajstić information content (AvgIpc) is 2.59. The molecule has 130 valence electrons. The Morgan fingerprint density at radius 1 is 1.21 bits per heavy atom. The van der Waals surface area contributed by atoms with Crippen molar-refractivity contribution in [2.24, 2.45) is 17.8 Å². The van der Waals surface area contributed by atoms with E-state index in [1.165, 1.54) is 5.56 Å². The molecule has 1 aromatic rings. The lowest BCUT2D eigenvalue weighted by Gasteiger charge is -2.45. The molecule has 0 spiro atoms. The van der Waals surface area contributed by atoms with Crippen molar-refractivity contribution in [3.63, 3.8) is 0 Å². The SMILES string of the molecule is CC1C(=O)NC2CC(NC(=O)CCc3ccccc3)CCC2C1C. The number of hydrogen-bond acceptors (Lipinski definition) is 2. The minimum absolute atomic E-state index is 0.100. The summed E-state index contributed by atoms with van der Waals surface area (Å²) in [4.78, 5) is 24.3. The zero-order valence-corrected chi connectivity index (χ0v) is 14.6. The van der Waals surface area contributed by atoms with Crippen molar-refractivity contribution in [3.05, 3.63) is 35.9 Å². The van der Waals surface area contributed by atoms with Crippen LogP contribution in [0, 0.1) is 17.8 Å². The number of hydrogen-bond donors (Lipinski definition) is 2. The van der Waals surface area contributed by atoms with Crippen LogP contribution in [0.4, 0.5) is 0 Å². The number of nitrogens with one attached hydrogen (secondary N) is 2. The van der Waals surface area contributed by atoms with E-state index >= 15 is 0 Å². The number of aryl methyl sites for hydroxylation is 1. The molecule has 1 saturated heterocycles. The molecule has 3 rings (SSSR count). The monoisotopic (exact) mass is 328 g/mol. The molecular formula is C20H28N2O2. The summed E-state index contributed by atoms with van der Waals surface area (Å²) in [7, 11) is 0. The van der Waals surface area contributed by atoms with Crippen LogP contribution >= 0.6 is 0 Å². The van der Waals surface area contributed by atoms with E-state index in [9.17, 15) is 9.59 Å². The van der Waals surface area contributed by atoms with Gasteiger partial charge in [0.1, 0.15) is 0 Å². The van der Waals surface area contributed by atoms with Gasteiger partial charge in [-0.05, 0) is 43.1 Å². The fraction of sp³-hybridized carbons (Fsp3) is 0.600. The number of amides is 2. The highest BCUT2D eigenvalue weighted by atomic mass is 16.2. The second-order valence-corrected chi connectivity index (χ2v) is 7.49. The lowest BCUT2D eigenvalue weighted by molar-refractivity contribution is -0.132. The Labute approximate surface area is 144 Å². The molecule has 0 bridgehead atoms. The third-order valence-electron chi connectivity index (χ3n) is 5.96. The molecular weight excluding hydrogens is 300 g/mol. The molecule has 1 saturated carbocycles. The van der Waals surface area contributed by atoms with Gasteiger partial charge in [0, 0.05) is 24.4 Å². The normalized spacial score (nSPS) is 32.6. The molecule has 24 heavy (non-hydrogen) atoms. The van der Waals surface area contributed by atoms with Crippen molar-refractivity contribution in [2.45, 2.75) is 58.0 Å². The number of carbonyl (C=O) groups is 2. The largest absolute Gasteiger partial charge is 0.353 e. The number of fused-ring (bicyclic) bond motifs is 1. The maximum atomic E-state index is 12.2. The van der Waals surface area contributed by atoms with Gasteiger partial charge >= 0.3 is 0 Å². The highest BCUT2D eigenvalue weighted by molar-refractivity contribution is 5.80.